The second-order valence-electron chi connectivity index (χ2n) is 13.3. The van der Waals surface area contributed by atoms with Crippen LogP contribution in [-0.2, 0) is 24.9 Å². The SMILES string of the molecule is CC(C)(C)c1ccc2cc3c(cc2c1)-c1nc-3nc2[n-]c(nc3nc(nc4[n-]c(n1)c1ccccc41)-c1ccccc1-3)c1ccccc21.[Zn+2]. The average molecular weight is 684 g/mol. The standard InChI is InChI=1S/C40H26N8.Zn/c1-40(2,3)23-17-16-21-19-30-31(20-22(21)18-23)39-47-37-29-15-9-7-13-27(29)35(45-37)43-33-25-11-5-4-10-24(25)32(41-33)42-34-26-12-6-8-14-28(26)36(44-34)46-38(30)48-39;/h4-20H,1-3H3;/q-2;+2. The third-order valence-electron chi connectivity index (χ3n) is 9.25. The maximum absolute atomic E-state index is 5.13. The molecule has 0 saturated heterocycles. The van der Waals surface area contributed by atoms with Crippen molar-refractivity contribution in [1.29, 1.82) is 0 Å². The van der Waals surface area contributed by atoms with Gasteiger partial charge < -0.3 is 29.9 Å². The number of hydrogen-bond acceptors (Lipinski definition) is 6. The van der Waals surface area contributed by atoms with Crippen molar-refractivity contribution in [2.24, 2.45) is 0 Å². The Morgan fingerprint density at radius 1 is 0.408 bits per heavy atom. The molecule has 9 heteroatoms. The van der Waals surface area contributed by atoms with Gasteiger partial charge in [-0.15, -0.1) is 0 Å². The molecule has 0 N–H and O–H groups in total. The minimum Gasteiger partial charge on any atom is -0.357 e. The van der Waals surface area contributed by atoms with E-state index in [1.807, 2.05) is 72.8 Å². The van der Waals surface area contributed by atoms with Crippen LogP contribution in [0.4, 0.5) is 0 Å². The van der Waals surface area contributed by atoms with E-state index in [2.05, 4.69) is 51.1 Å². The number of hydrogen-bond donors (Lipinski definition) is 0. The van der Waals surface area contributed by atoms with Gasteiger partial charge in [0.2, 0.25) is 0 Å². The Kier molecular flexibility index (Phi) is 6.42. The van der Waals surface area contributed by atoms with E-state index in [1.54, 1.807) is 0 Å². The van der Waals surface area contributed by atoms with Gasteiger partial charge in [-0.1, -0.05) is 112 Å². The molecule has 0 fully saturated rings. The first-order valence-corrected chi connectivity index (χ1v) is 16.0. The molecule has 0 radical (unpaired) electrons. The minimum absolute atomic E-state index is 0. The van der Waals surface area contributed by atoms with Crippen molar-refractivity contribution in [1.82, 2.24) is 39.9 Å². The molecule has 0 unspecified atom stereocenters. The van der Waals surface area contributed by atoms with Crippen LogP contribution in [-0.4, -0.2) is 29.9 Å². The molecule has 2 aliphatic heterocycles. The Hall–Kier alpha value is -5.66. The van der Waals surface area contributed by atoms with Crippen molar-refractivity contribution in [3.63, 3.8) is 0 Å². The number of fused-ring (bicyclic) bond motifs is 21. The van der Waals surface area contributed by atoms with Crippen LogP contribution in [0.15, 0.2) is 103 Å². The van der Waals surface area contributed by atoms with E-state index in [1.165, 1.54) is 5.56 Å². The largest absolute Gasteiger partial charge is 2.00 e. The summed E-state index contributed by atoms with van der Waals surface area (Å²) in [6, 6.07) is 35.0. The molecular weight excluding hydrogens is 658 g/mol. The number of rotatable bonds is 0. The van der Waals surface area contributed by atoms with Gasteiger partial charge in [-0.25, -0.2) is 9.97 Å². The molecule has 8 nitrogen and oxygen atoms in total. The summed E-state index contributed by atoms with van der Waals surface area (Å²) in [7, 11) is 0. The van der Waals surface area contributed by atoms with E-state index >= 15 is 0 Å². The number of nitrogens with zero attached hydrogens (tertiary/aromatic N) is 8. The maximum Gasteiger partial charge on any atom is 2.00 e. The Bertz CT molecular complexity index is 2840. The van der Waals surface area contributed by atoms with Crippen LogP contribution < -0.4 is 9.97 Å². The van der Waals surface area contributed by atoms with E-state index < -0.39 is 0 Å². The third-order valence-corrected chi connectivity index (χ3v) is 9.25. The van der Waals surface area contributed by atoms with Gasteiger partial charge in [0.1, 0.15) is 0 Å². The number of benzene rings is 5. The minimum atomic E-state index is 0. The predicted octanol–water partition coefficient (Wildman–Crippen LogP) is 8.58. The Morgan fingerprint density at radius 3 is 1.22 bits per heavy atom. The fourth-order valence-corrected chi connectivity index (χ4v) is 6.72. The second kappa shape index (κ2) is 10.7. The average Bonchev–Trinajstić information content (AvgIpc) is 3.82. The molecule has 5 heterocycles. The van der Waals surface area contributed by atoms with Gasteiger partial charge in [-0.05, 0) is 55.4 Å². The van der Waals surface area contributed by atoms with Crippen molar-refractivity contribution < 1.29 is 19.5 Å². The third kappa shape index (κ3) is 4.60. The molecule has 0 amide bonds. The first-order valence-electron chi connectivity index (χ1n) is 16.0. The van der Waals surface area contributed by atoms with Crippen LogP contribution in [0.25, 0.3) is 100 Å². The fraction of sp³-hybridized carbons (Fsp3) is 0.100. The molecule has 3 aromatic heterocycles. The summed E-state index contributed by atoms with van der Waals surface area (Å²) in [4.78, 5) is 40.2. The van der Waals surface area contributed by atoms with Crippen molar-refractivity contribution in [2.45, 2.75) is 26.2 Å². The smallest absolute Gasteiger partial charge is 0.357 e. The molecule has 2 aliphatic rings. The van der Waals surface area contributed by atoms with Gasteiger partial charge in [0.25, 0.3) is 0 Å². The molecule has 8 bridgehead atoms. The van der Waals surface area contributed by atoms with Crippen LogP contribution >= 0.6 is 0 Å². The van der Waals surface area contributed by atoms with E-state index in [0.29, 0.717) is 45.9 Å². The summed E-state index contributed by atoms with van der Waals surface area (Å²) in [6.07, 6.45) is 0. The zero-order valence-corrected chi connectivity index (χ0v) is 30.1. The van der Waals surface area contributed by atoms with Crippen LogP contribution in [0, 0.1) is 0 Å². The van der Waals surface area contributed by atoms with E-state index in [-0.39, 0.29) is 24.9 Å². The summed E-state index contributed by atoms with van der Waals surface area (Å²) < 4.78 is 0. The Balaban J connectivity index is 0.00000325. The summed E-state index contributed by atoms with van der Waals surface area (Å²) in [5, 5.41) is 5.78. The molecule has 228 valence electrons. The Labute approximate surface area is 293 Å². The molecule has 0 saturated carbocycles. The van der Waals surface area contributed by atoms with Crippen molar-refractivity contribution in [3.05, 3.63) is 109 Å². The fourth-order valence-electron chi connectivity index (χ4n) is 6.72. The van der Waals surface area contributed by atoms with Gasteiger partial charge in [-0.2, -0.15) is 0 Å². The van der Waals surface area contributed by atoms with Crippen molar-refractivity contribution in [3.8, 4) is 45.6 Å². The summed E-state index contributed by atoms with van der Waals surface area (Å²) in [5.41, 5.74) is 7.04. The topological polar surface area (TPSA) is 106 Å². The molecular formula is C40H26N8Zn. The molecule has 0 aliphatic carbocycles. The number of aromatic nitrogens is 8. The first-order chi connectivity index (χ1) is 23.4. The van der Waals surface area contributed by atoms with Crippen LogP contribution in [0.5, 0.6) is 0 Å². The van der Waals surface area contributed by atoms with Gasteiger partial charge in [0, 0.05) is 44.8 Å². The Morgan fingerprint density at radius 2 is 0.796 bits per heavy atom. The van der Waals surface area contributed by atoms with Gasteiger partial charge in [0.05, 0.1) is 23.3 Å². The van der Waals surface area contributed by atoms with Crippen LogP contribution in [0.3, 0.4) is 0 Å². The summed E-state index contributed by atoms with van der Waals surface area (Å²) in [5.74, 6) is 2.20. The molecule has 49 heavy (non-hydrogen) atoms. The van der Waals surface area contributed by atoms with Crippen molar-refractivity contribution in [2.75, 3.05) is 0 Å². The van der Waals surface area contributed by atoms with Crippen LogP contribution in [0.1, 0.15) is 26.3 Å². The van der Waals surface area contributed by atoms with Crippen LogP contribution in [0.2, 0.25) is 0 Å². The van der Waals surface area contributed by atoms with E-state index in [0.717, 1.165) is 54.6 Å². The summed E-state index contributed by atoms with van der Waals surface area (Å²) in [6.45, 7) is 6.69. The molecule has 5 aromatic carbocycles. The monoisotopic (exact) mass is 682 g/mol. The predicted molar refractivity (Wildman–Crippen MR) is 190 cm³/mol. The molecule has 8 aromatic rings. The molecule has 10 rings (SSSR count). The zero-order chi connectivity index (χ0) is 32.1. The maximum atomic E-state index is 5.13. The second-order valence-corrected chi connectivity index (χ2v) is 13.3. The first kappa shape index (κ1) is 29.5. The van der Waals surface area contributed by atoms with E-state index in [9.17, 15) is 0 Å². The van der Waals surface area contributed by atoms with E-state index in [4.69, 9.17) is 39.9 Å². The quantitative estimate of drug-likeness (QED) is 0.146. The summed E-state index contributed by atoms with van der Waals surface area (Å²) >= 11 is 0. The van der Waals surface area contributed by atoms with Gasteiger partial charge >= 0.3 is 19.5 Å². The molecule has 0 spiro atoms. The van der Waals surface area contributed by atoms with Crippen molar-refractivity contribution >= 4 is 54.9 Å². The molecule has 0 atom stereocenters. The van der Waals surface area contributed by atoms with Gasteiger partial charge in [0.15, 0.2) is 0 Å². The zero-order valence-electron chi connectivity index (χ0n) is 27.1. The van der Waals surface area contributed by atoms with Gasteiger partial charge in [-0.3, -0.25) is 0 Å². The normalized spacial score (nSPS) is 12.2.